The smallest absolute Gasteiger partial charge is 0.309 e. The summed E-state index contributed by atoms with van der Waals surface area (Å²) < 4.78 is 4.73. The van der Waals surface area contributed by atoms with E-state index in [9.17, 15) is 4.79 Å². The Kier molecular flexibility index (Phi) is 1.63. The van der Waals surface area contributed by atoms with Gasteiger partial charge in [-0.15, -0.1) is 0 Å². The second-order valence-corrected chi connectivity index (χ2v) is 3.66. The van der Waals surface area contributed by atoms with Gasteiger partial charge in [0.25, 0.3) is 0 Å². The Morgan fingerprint density at radius 1 is 1.27 bits per heavy atom. The zero-order valence-electron chi connectivity index (χ0n) is 6.88. The van der Waals surface area contributed by atoms with Crippen molar-refractivity contribution in [3.63, 3.8) is 0 Å². The van der Waals surface area contributed by atoms with Crippen molar-refractivity contribution in [2.24, 2.45) is 17.8 Å². The molecule has 2 rings (SSSR count). The van der Waals surface area contributed by atoms with Crippen LogP contribution in [0.3, 0.4) is 0 Å². The molecule has 62 valence electrons. The number of fused-ring (bicyclic) bond motifs is 1. The van der Waals surface area contributed by atoms with Gasteiger partial charge < -0.3 is 4.74 Å². The van der Waals surface area contributed by atoms with E-state index in [1.807, 2.05) is 0 Å². The van der Waals surface area contributed by atoms with Crippen molar-refractivity contribution in [2.75, 3.05) is 7.11 Å². The van der Waals surface area contributed by atoms with Crippen molar-refractivity contribution in [2.45, 2.75) is 25.7 Å². The molecule has 0 aliphatic heterocycles. The molecular weight excluding hydrogens is 140 g/mol. The van der Waals surface area contributed by atoms with E-state index in [-0.39, 0.29) is 11.9 Å². The first-order valence-corrected chi connectivity index (χ1v) is 4.42. The lowest BCUT2D eigenvalue weighted by Gasteiger charge is -2.04. The average molecular weight is 154 g/mol. The SMILES string of the molecule is COC(=O)C1C2CCCCC21. The molecule has 0 radical (unpaired) electrons. The summed E-state index contributed by atoms with van der Waals surface area (Å²) in [6, 6.07) is 0. The standard InChI is InChI=1S/C9H14O2/c1-11-9(10)8-6-4-2-3-5-7(6)8/h6-8H,2-5H2,1H3. The first-order chi connectivity index (χ1) is 5.34. The van der Waals surface area contributed by atoms with Gasteiger partial charge in [-0.1, -0.05) is 12.8 Å². The van der Waals surface area contributed by atoms with Crippen molar-refractivity contribution in [3.8, 4) is 0 Å². The molecule has 0 amide bonds. The van der Waals surface area contributed by atoms with Crippen molar-refractivity contribution >= 4 is 5.97 Å². The van der Waals surface area contributed by atoms with E-state index in [2.05, 4.69) is 0 Å². The number of hydrogen-bond donors (Lipinski definition) is 0. The summed E-state index contributed by atoms with van der Waals surface area (Å²) in [5.41, 5.74) is 0. The highest BCUT2D eigenvalue weighted by Crippen LogP contribution is 2.55. The molecule has 2 nitrogen and oxygen atoms in total. The predicted molar refractivity (Wildman–Crippen MR) is 41.0 cm³/mol. The van der Waals surface area contributed by atoms with Gasteiger partial charge in [0, 0.05) is 0 Å². The van der Waals surface area contributed by atoms with Crippen LogP contribution in [0.15, 0.2) is 0 Å². The highest BCUT2D eigenvalue weighted by molar-refractivity contribution is 5.76. The zero-order valence-corrected chi connectivity index (χ0v) is 6.88. The molecule has 2 aliphatic rings. The molecule has 0 heterocycles. The Bertz CT molecular complexity index is 164. The third-order valence-corrected chi connectivity index (χ3v) is 3.13. The minimum absolute atomic E-state index is 0.0295. The highest BCUT2D eigenvalue weighted by Gasteiger charge is 2.55. The number of rotatable bonds is 1. The van der Waals surface area contributed by atoms with Crippen LogP contribution in [0.5, 0.6) is 0 Å². The molecule has 2 atom stereocenters. The average Bonchev–Trinajstić information content (AvgIpc) is 2.77. The molecule has 0 aromatic carbocycles. The minimum Gasteiger partial charge on any atom is -0.469 e. The van der Waals surface area contributed by atoms with Gasteiger partial charge in [0.05, 0.1) is 13.0 Å². The number of carbonyl (C=O) groups is 1. The lowest BCUT2D eigenvalue weighted by molar-refractivity contribution is -0.142. The van der Waals surface area contributed by atoms with Crippen LogP contribution in [0.2, 0.25) is 0 Å². The van der Waals surface area contributed by atoms with Gasteiger partial charge >= 0.3 is 5.97 Å². The molecule has 2 fully saturated rings. The molecular formula is C9H14O2. The maximum atomic E-state index is 11.1. The fourth-order valence-electron chi connectivity index (χ4n) is 2.48. The van der Waals surface area contributed by atoms with Crippen molar-refractivity contribution in [1.29, 1.82) is 0 Å². The number of methoxy groups -OCH3 is 1. The molecule has 2 heteroatoms. The minimum atomic E-state index is 0.0295. The second kappa shape index (κ2) is 2.50. The summed E-state index contributed by atoms with van der Waals surface area (Å²) in [5.74, 6) is 1.69. The molecule has 0 bridgehead atoms. The first-order valence-electron chi connectivity index (χ1n) is 4.42. The molecule has 0 spiro atoms. The van der Waals surface area contributed by atoms with E-state index in [0.717, 1.165) is 0 Å². The number of hydrogen-bond acceptors (Lipinski definition) is 2. The van der Waals surface area contributed by atoms with Crippen LogP contribution in [0.1, 0.15) is 25.7 Å². The molecule has 0 aromatic heterocycles. The number of ether oxygens (including phenoxy) is 1. The topological polar surface area (TPSA) is 26.3 Å². The van der Waals surface area contributed by atoms with Crippen molar-refractivity contribution in [3.05, 3.63) is 0 Å². The van der Waals surface area contributed by atoms with Crippen LogP contribution in [0.25, 0.3) is 0 Å². The Labute approximate surface area is 66.9 Å². The van der Waals surface area contributed by atoms with Crippen molar-refractivity contribution in [1.82, 2.24) is 0 Å². The molecule has 0 aromatic rings. The third-order valence-electron chi connectivity index (χ3n) is 3.13. The van der Waals surface area contributed by atoms with Gasteiger partial charge in [0.2, 0.25) is 0 Å². The van der Waals surface area contributed by atoms with E-state index in [4.69, 9.17) is 4.74 Å². The summed E-state index contributed by atoms with van der Waals surface area (Å²) in [4.78, 5) is 11.1. The predicted octanol–water partition coefficient (Wildman–Crippen LogP) is 1.60. The fourth-order valence-corrected chi connectivity index (χ4v) is 2.48. The monoisotopic (exact) mass is 154 g/mol. The Morgan fingerprint density at radius 2 is 1.82 bits per heavy atom. The largest absolute Gasteiger partial charge is 0.469 e. The van der Waals surface area contributed by atoms with E-state index in [1.54, 1.807) is 0 Å². The van der Waals surface area contributed by atoms with Gasteiger partial charge in [-0.3, -0.25) is 4.79 Å². The third kappa shape index (κ3) is 1.05. The number of carbonyl (C=O) groups excluding carboxylic acids is 1. The number of esters is 1. The van der Waals surface area contributed by atoms with Gasteiger partial charge in [-0.25, -0.2) is 0 Å². The van der Waals surface area contributed by atoms with Crippen LogP contribution in [-0.4, -0.2) is 13.1 Å². The molecule has 2 unspecified atom stereocenters. The quantitative estimate of drug-likeness (QED) is 0.536. The van der Waals surface area contributed by atoms with Crippen molar-refractivity contribution < 1.29 is 9.53 Å². The van der Waals surface area contributed by atoms with Gasteiger partial charge in [0.15, 0.2) is 0 Å². The van der Waals surface area contributed by atoms with Crippen LogP contribution in [0, 0.1) is 17.8 Å². The summed E-state index contributed by atoms with van der Waals surface area (Å²) in [6.45, 7) is 0. The maximum Gasteiger partial charge on any atom is 0.309 e. The lowest BCUT2D eigenvalue weighted by Crippen LogP contribution is -2.04. The lowest BCUT2D eigenvalue weighted by atomic mass is 10.0. The molecule has 0 saturated heterocycles. The maximum absolute atomic E-state index is 11.1. The molecule has 11 heavy (non-hydrogen) atoms. The van der Waals surface area contributed by atoms with Gasteiger partial charge in [0.1, 0.15) is 0 Å². The second-order valence-electron chi connectivity index (χ2n) is 3.66. The first kappa shape index (κ1) is 7.14. The van der Waals surface area contributed by atoms with E-state index in [1.165, 1.54) is 32.8 Å². The fraction of sp³-hybridized carbons (Fsp3) is 0.889. The molecule has 2 aliphatic carbocycles. The van der Waals surface area contributed by atoms with Gasteiger partial charge in [-0.05, 0) is 24.7 Å². The van der Waals surface area contributed by atoms with E-state index < -0.39 is 0 Å². The summed E-state index contributed by atoms with van der Waals surface area (Å²) in [6.07, 6.45) is 5.14. The van der Waals surface area contributed by atoms with Crippen LogP contribution in [0.4, 0.5) is 0 Å². The Balaban J connectivity index is 1.94. The normalized spacial score (nSPS) is 41.0. The van der Waals surface area contributed by atoms with Crippen LogP contribution >= 0.6 is 0 Å². The Morgan fingerprint density at radius 3 is 2.27 bits per heavy atom. The summed E-state index contributed by atoms with van der Waals surface area (Å²) >= 11 is 0. The van der Waals surface area contributed by atoms with E-state index >= 15 is 0 Å². The molecule has 0 N–H and O–H groups in total. The van der Waals surface area contributed by atoms with Crippen LogP contribution < -0.4 is 0 Å². The highest BCUT2D eigenvalue weighted by atomic mass is 16.5. The zero-order chi connectivity index (χ0) is 7.84. The van der Waals surface area contributed by atoms with E-state index in [0.29, 0.717) is 11.8 Å². The van der Waals surface area contributed by atoms with Crippen LogP contribution in [-0.2, 0) is 9.53 Å². The summed E-state index contributed by atoms with van der Waals surface area (Å²) in [5, 5.41) is 0. The van der Waals surface area contributed by atoms with Gasteiger partial charge in [-0.2, -0.15) is 0 Å². The Hall–Kier alpha value is -0.530. The molecule has 2 saturated carbocycles. The summed E-state index contributed by atoms with van der Waals surface area (Å²) in [7, 11) is 1.49.